The lowest BCUT2D eigenvalue weighted by atomic mass is 10.2. The first-order valence-corrected chi connectivity index (χ1v) is 8.38. The molecule has 0 aliphatic carbocycles. The van der Waals surface area contributed by atoms with Crippen LogP contribution in [-0.4, -0.2) is 55.8 Å². The molecule has 1 amide bonds. The number of hydrogen-bond acceptors (Lipinski definition) is 6. The molecule has 0 radical (unpaired) electrons. The van der Waals surface area contributed by atoms with Crippen LogP contribution in [-0.2, 0) is 16.1 Å². The van der Waals surface area contributed by atoms with Crippen LogP contribution in [0.25, 0.3) is 0 Å². The molecule has 0 atom stereocenters. The van der Waals surface area contributed by atoms with E-state index in [4.69, 9.17) is 4.74 Å². The first kappa shape index (κ1) is 17.2. The van der Waals surface area contributed by atoms with Crippen molar-refractivity contribution in [3.05, 3.63) is 48.3 Å². The SMILES string of the molecule is COCC(=O)NCc1cccnc1N1CCN(c2ccccn2)CC1. The Morgan fingerprint density at radius 1 is 1.08 bits per heavy atom. The van der Waals surface area contributed by atoms with Crippen LogP contribution >= 0.6 is 0 Å². The van der Waals surface area contributed by atoms with Gasteiger partial charge in [0.05, 0.1) is 0 Å². The molecule has 7 heteroatoms. The van der Waals surface area contributed by atoms with Crippen LogP contribution < -0.4 is 15.1 Å². The van der Waals surface area contributed by atoms with Crippen molar-refractivity contribution in [1.29, 1.82) is 0 Å². The molecular weight excluding hydrogens is 318 g/mol. The van der Waals surface area contributed by atoms with Crippen LogP contribution in [0.4, 0.5) is 11.6 Å². The monoisotopic (exact) mass is 341 g/mol. The maximum Gasteiger partial charge on any atom is 0.246 e. The second-order valence-corrected chi connectivity index (χ2v) is 5.86. The minimum Gasteiger partial charge on any atom is -0.375 e. The van der Waals surface area contributed by atoms with Gasteiger partial charge in [-0.15, -0.1) is 0 Å². The fourth-order valence-electron chi connectivity index (χ4n) is 2.92. The number of methoxy groups -OCH3 is 1. The molecule has 0 aromatic carbocycles. The van der Waals surface area contributed by atoms with E-state index in [9.17, 15) is 4.79 Å². The first-order valence-electron chi connectivity index (χ1n) is 8.38. The molecule has 1 aliphatic heterocycles. The van der Waals surface area contributed by atoms with Crippen LogP contribution in [0, 0.1) is 0 Å². The van der Waals surface area contributed by atoms with Gasteiger partial charge in [0.15, 0.2) is 0 Å². The molecule has 25 heavy (non-hydrogen) atoms. The van der Waals surface area contributed by atoms with Crippen molar-refractivity contribution in [3.63, 3.8) is 0 Å². The largest absolute Gasteiger partial charge is 0.375 e. The van der Waals surface area contributed by atoms with Gasteiger partial charge in [0.2, 0.25) is 5.91 Å². The zero-order valence-corrected chi connectivity index (χ0v) is 14.4. The molecule has 0 unspecified atom stereocenters. The molecule has 132 valence electrons. The highest BCUT2D eigenvalue weighted by Gasteiger charge is 2.20. The van der Waals surface area contributed by atoms with Crippen molar-refractivity contribution in [1.82, 2.24) is 15.3 Å². The number of carbonyl (C=O) groups excluding carboxylic acids is 1. The molecule has 0 bridgehead atoms. The average Bonchev–Trinajstić information content (AvgIpc) is 2.68. The van der Waals surface area contributed by atoms with Gasteiger partial charge in [-0.3, -0.25) is 4.79 Å². The van der Waals surface area contributed by atoms with E-state index in [2.05, 4.69) is 25.1 Å². The Hall–Kier alpha value is -2.67. The van der Waals surface area contributed by atoms with Gasteiger partial charge in [-0.2, -0.15) is 0 Å². The highest BCUT2D eigenvalue weighted by atomic mass is 16.5. The molecule has 0 spiro atoms. The molecule has 1 aliphatic rings. The molecule has 3 heterocycles. The van der Waals surface area contributed by atoms with Crippen LogP contribution in [0.3, 0.4) is 0 Å². The predicted octanol–water partition coefficient (Wildman–Crippen LogP) is 1.07. The van der Waals surface area contributed by atoms with E-state index in [-0.39, 0.29) is 12.5 Å². The van der Waals surface area contributed by atoms with Gasteiger partial charge in [-0.1, -0.05) is 12.1 Å². The quantitative estimate of drug-likeness (QED) is 0.847. The lowest BCUT2D eigenvalue weighted by Gasteiger charge is -2.36. The third kappa shape index (κ3) is 4.45. The van der Waals surface area contributed by atoms with E-state index in [1.54, 1.807) is 6.20 Å². The number of nitrogens with zero attached hydrogens (tertiary/aromatic N) is 4. The van der Waals surface area contributed by atoms with Crippen LogP contribution in [0.5, 0.6) is 0 Å². The van der Waals surface area contributed by atoms with Gasteiger partial charge in [0.25, 0.3) is 0 Å². The van der Waals surface area contributed by atoms with Crippen molar-refractivity contribution in [3.8, 4) is 0 Å². The molecule has 1 N–H and O–H groups in total. The minimum atomic E-state index is -0.128. The van der Waals surface area contributed by atoms with E-state index in [0.29, 0.717) is 6.54 Å². The number of rotatable bonds is 6. The molecule has 1 fully saturated rings. The fraction of sp³-hybridized carbons (Fsp3) is 0.389. The summed E-state index contributed by atoms with van der Waals surface area (Å²) in [4.78, 5) is 25.1. The lowest BCUT2D eigenvalue weighted by molar-refractivity contribution is -0.124. The van der Waals surface area contributed by atoms with E-state index < -0.39 is 0 Å². The van der Waals surface area contributed by atoms with Crippen LogP contribution in [0.15, 0.2) is 42.7 Å². The second kappa shape index (κ2) is 8.43. The number of amides is 1. The highest BCUT2D eigenvalue weighted by molar-refractivity contribution is 5.77. The topological polar surface area (TPSA) is 70.6 Å². The third-order valence-electron chi connectivity index (χ3n) is 4.17. The maximum absolute atomic E-state index is 11.6. The number of anilines is 2. The zero-order chi connectivity index (χ0) is 17.5. The summed E-state index contributed by atoms with van der Waals surface area (Å²) in [5.41, 5.74) is 1.01. The molecule has 2 aromatic heterocycles. The number of ether oxygens (including phenoxy) is 1. The smallest absolute Gasteiger partial charge is 0.246 e. The summed E-state index contributed by atoms with van der Waals surface area (Å²) in [6.07, 6.45) is 3.61. The number of piperazine rings is 1. The van der Waals surface area contributed by atoms with E-state index >= 15 is 0 Å². The van der Waals surface area contributed by atoms with Gasteiger partial charge >= 0.3 is 0 Å². The van der Waals surface area contributed by atoms with Crippen molar-refractivity contribution >= 4 is 17.5 Å². The Morgan fingerprint density at radius 2 is 1.84 bits per heavy atom. The number of pyridine rings is 2. The molecule has 7 nitrogen and oxygen atoms in total. The highest BCUT2D eigenvalue weighted by Crippen LogP contribution is 2.20. The molecule has 2 aromatic rings. The summed E-state index contributed by atoms with van der Waals surface area (Å²) in [6, 6.07) is 9.87. The summed E-state index contributed by atoms with van der Waals surface area (Å²) in [7, 11) is 1.51. The van der Waals surface area contributed by atoms with Gasteiger partial charge < -0.3 is 19.9 Å². The number of nitrogens with one attached hydrogen (secondary N) is 1. The van der Waals surface area contributed by atoms with Gasteiger partial charge in [-0.25, -0.2) is 9.97 Å². The van der Waals surface area contributed by atoms with Crippen molar-refractivity contribution in [2.75, 3.05) is 49.7 Å². The molecule has 3 rings (SSSR count). The Morgan fingerprint density at radius 3 is 2.56 bits per heavy atom. The number of carbonyl (C=O) groups is 1. The Balaban J connectivity index is 1.62. The van der Waals surface area contributed by atoms with Gasteiger partial charge in [0.1, 0.15) is 18.2 Å². The van der Waals surface area contributed by atoms with Gasteiger partial charge in [-0.05, 0) is 18.2 Å². The van der Waals surface area contributed by atoms with Crippen molar-refractivity contribution in [2.45, 2.75) is 6.54 Å². The van der Waals surface area contributed by atoms with Crippen LogP contribution in [0.2, 0.25) is 0 Å². The standard InChI is InChI=1S/C18H23N5O2/c1-25-14-17(24)21-13-15-5-4-8-20-18(15)23-11-9-22(10-12-23)16-6-2-3-7-19-16/h2-8H,9-14H2,1H3,(H,21,24). The third-order valence-corrected chi connectivity index (χ3v) is 4.17. The van der Waals surface area contributed by atoms with Gasteiger partial charge in [0, 0.05) is 57.8 Å². The average molecular weight is 341 g/mol. The Labute approximate surface area is 147 Å². The summed E-state index contributed by atoms with van der Waals surface area (Å²) in [5.74, 6) is 1.81. The first-order chi connectivity index (χ1) is 12.3. The Bertz CT molecular complexity index is 687. The predicted molar refractivity (Wildman–Crippen MR) is 96.6 cm³/mol. The van der Waals surface area contributed by atoms with E-state index in [1.807, 2.05) is 36.5 Å². The minimum absolute atomic E-state index is 0.0678. The molecule has 0 saturated carbocycles. The maximum atomic E-state index is 11.6. The summed E-state index contributed by atoms with van der Waals surface area (Å²) >= 11 is 0. The number of hydrogen-bond donors (Lipinski definition) is 1. The van der Waals surface area contributed by atoms with Crippen LogP contribution in [0.1, 0.15) is 5.56 Å². The van der Waals surface area contributed by atoms with E-state index in [0.717, 1.165) is 43.4 Å². The molecule has 1 saturated heterocycles. The zero-order valence-electron chi connectivity index (χ0n) is 14.4. The Kier molecular flexibility index (Phi) is 5.79. The fourth-order valence-corrected chi connectivity index (χ4v) is 2.92. The van der Waals surface area contributed by atoms with E-state index in [1.165, 1.54) is 7.11 Å². The molecular formula is C18H23N5O2. The summed E-state index contributed by atoms with van der Waals surface area (Å²) in [5, 5.41) is 2.86. The normalized spacial score (nSPS) is 14.4. The number of aromatic nitrogens is 2. The second-order valence-electron chi connectivity index (χ2n) is 5.86. The summed E-state index contributed by atoms with van der Waals surface area (Å²) < 4.78 is 4.84. The lowest BCUT2D eigenvalue weighted by Crippen LogP contribution is -2.47. The van der Waals surface area contributed by atoms with Crippen molar-refractivity contribution < 1.29 is 9.53 Å². The van der Waals surface area contributed by atoms with Crippen molar-refractivity contribution in [2.24, 2.45) is 0 Å². The summed E-state index contributed by atoms with van der Waals surface area (Å²) in [6.45, 7) is 4.04.